The minimum absolute atomic E-state index is 0.228. The topological polar surface area (TPSA) is 57.4 Å². The molecule has 5 rings (SSSR count). The first kappa shape index (κ1) is 21.9. The fourth-order valence-corrected chi connectivity index (χ4v) is 4.59. The van der Waals surface area contributed by atoms with Crippen LogP contribution in [0.5, 0.6) is 5.75 Å². The van der Waals surface area contributed by atoms with E-state index >= 15 is 0 Å². The molecular weight excluding hydrogens is 424 g/mol. The molecule has 2 heterocycles. The maximum Gasteiger partial charge on any atom is 0.269 e. The molecule has 3 aromatic rings. The summed E-state index contributed by atoms with van der Waals surface area (Å²) in [6.07, 6.45) is 8.32. The lowest BCUT2D eigenvalue weighted by molar-refractivity contribution is 0.0770. The molecule has 2 aliphatic rings. The summed E-state index contributed by atoms with van der Waals surface area (Å²) in [7, 11) is 0. The van der Waals surface area contributed by atoms with Crippen molar-refractivity contribution < 1.29 is 18.3 Å². The number of hydrogen-bond acceptors (Lipinski definition) is 3. The smallest absolute Gasteiger partial charge is 0.269 e. The van der Waals surface area contributed by atoms with Crippen LogP contribution in [0.1, 0.15) is 53.6 Å². The molecule has 0 bridgehead atoms. The third-order valence-electron chi connectivity index (χ3n) is 6.55. The van der Waals surface area contributed by atoms with Crippen LogP contribution in [0.4, 0.5) is 8.78 Å². The fraction of sp³-hybridized carbons (Fsp3) is 0.423. The van der Waals surface area contributed by atoms with Crippen LogP contribution < -0.4 is 10.2 Å². The van der Waals surface area contributed by atoms with Crippen molar-refractivity contribution in [1.29, 1.82) is 0 Å². The zero-order chi connectivity index (χ0) is 22.8. The van der Waals surface area contributed by atoms with Gasteiger partial charge in [-0.05, 0) is 86.8 Å². The molecular formula is C26H29F2N3O2. The molecule has 1 aliphatic carbocycles. The first-order valence-electron chi connectivity index (χ1n) is 11.8. The van der Waals surface area contributed by atoms with Crippen molar-refractivity contribution in [2.24, 2.45) is 5.92 Å². The molecule has 1 fully saturated rings. The minimum atomic E-state index is -0.312. The molecule has 5 nitrogen and oxygen atoms in total. The number of aryl methyl sites for hydroxylation is 1. The second-order valence-electron chi connectivity index (χ2n) is 9.15. The van der Waals surface area contributed by atoms with Crippen molar-refractivity contribution in [3.8, 4) is 5.75 Å². The van der Waals surface area contributed by atoms with Gasteiger partial charge in [0.25, 0.3) is 5.91 Å². The summed E-state index contributed by atoms with van der Waals surface area (Å²) in [6.45, 7) is 2.04. The number of unbranched alkanes of at least 4 members (excludes halogenated alkanes) is 1. The first-order chi connectivity index (χ1) is 16.1. The Bertz CT molecular complexity index is 1160. The quantitative estimate of drug-likeness (QED) is 0.348. The number of amides is 1. The normalized spacial score (nSPS) is 15.5. The van der Waals surface area contributed by atoms with Crippen molar-refractivity contribution in [3.63, 3.8) is 0 Å². The highest BCUT2D eigenvalue weighted by Gasteiger charge is 2.27. The Balaban J connectivity index is 1.20. The first-order valence-corrected chi connectivity index (χ1v) is 11.8. The number of H-pyrrole nitrogens is 1. The molecule has 1 aromatic heterocycles. The number of carbonyl (C=O) groups excluding carboxylic acids is 1. The van der Waals surface area contributed by atoms with Crippen molar-refractivity contribution in [1.82, 2.24) is 15.4 Å². The van der Waals surface area contributed by atoms with Gasteiger partial charge in [0.15, 0.2) is 0 Å². The second-order valence-corrected chi connectivity index (χ2v) is 9.15. The number of rotatable bonds is 9. The molecule has 1 aliphatic heterocycles. The van der Waals surface area contributed by atoms with Gasteiger partial charge in [-0.25, -0.2) is 13.8 Å². The highest BCUT2D eigenvalue weighted by atomic mass is 19.1. The van der Waals surface area contributed by atoms with Gasteiger partial charge in [-0.3, -0.25) is 10.2 Å². The summed E-state index contributed by atoms with van der Waals surface area (Å²) in [5.41, 5.74) is 5.99. The zero-order valence-corrected chi connectivity index (χ0v) is 18.6. The van der Waals surface area contributed by atoms with Crippen LogP contribution in [0.3, 0.4) is 0 Å². The molecule has 33 heavy (non-hydrogen) atoms. The largest absolute Gasteiger partial charge is 0.492 e. The average molecular weight is 454 g/mol. The summed E-state index contributed by atoms with van der Waals surface area (Å²) in [5, 5.41) is 2.92. The van der Waals surface area contributed by atoms with Gasteiger partial charge in [-0.1, -0.05) is 0 Å². The maximum atomic E-state index is 14.2. The van der Waals surface area contributed by atoms with E-state index < -0.39 is 0 Å². The molecule has 0 unspecified atom stereocenters. The number of fused-ring (bicyclic) bond motifs is 2. The highest BCUT2D eigenvalue weighted by molar-refractivity contribution is 5.97. The van der Waals surface area contributed by atoms with E-state index in [1.807, 2.05) is 11.2 Å². The van der Waals surface area contributed by atoms with E-state index in [4.69, 9.17) is 4.74 Å². The maximum absolute atomic E-state index is 14.2. The number of hydrogen-bond donors (Lipinski definition) is 2. The molecule has 2 aromatic carbocycles. The number of ether oxygens (including phenoxy) is 1. The monoisotopic (exact) mass is 453 g/mol. The standard InChI is InChI=1S/C26H29F2N3O2/c27-19-8-11-24-22(14-19)18(15-29-24)4-1-2-12-31(16-17-6-7-17)30-26(32)21-9-10-23(28)20-5-3-13-33-25(20)21/h8-11,14-15,17,29H,1-7,12-13,16H2,(H,30,32). The van der Waals surface area contributed by atoms with Crippen LogP contribution >= 0.6 is 0 Å². The molecule has 0 saturated heterocycles. The van der Waals surface area contributed by atoms with Crippen LogP contribution in [0.15, 0.2) is 36.5 Å². The average Bonchev–Trinajstić information content (AvgIpc) is 3.55. The van der Waals surface area contributed by atoms with E-state index in [0.29, 0.717) is 35.8 Å². The van der Waals surface area contributed by atoms with Crippen molar-refractivity contribution >= 4 is 16.8 Å². The van der Waals surface area contributed by atoms with E-state index in [0.717, 1.165) is 55.2 Å². The second kappa shape index (κ2) is 9.51. The van der Waals surface area contributed by atoms with Gasteiger partial charge in [0, 0.05) is 35.8 Å². The molecule has 0 radical (unpaired) electrons. The van der Waals surface area contributed by atoms with Gasteiger partial charge < -0.3 is 9.72 Å². The number of benzene rings is 2. The predicted molar refractivity (Wildman–Crippen MR) is 123 cm³/mol. The molecule has 1 amide bonds. The molecule has 174 valence electrons. The number of halogens is 2. The van der Waals surface area contributed by atoms with Crippen molar-refractivity contribution in [3.05, 3.63) is 64.9 Å². The van der Waals surface area contributed by atoms with E-state index in [2.05, 4.69) is 10.4 Å². The molecule has 1 saturated carbocycles. The molecule has 0 atom stereocenters. The van der Waals surface area contributed by atoms with E-state index in [1.165, 1.54) is 31.0 Å². The van der Waals surface area contributed by atoms with Gasteiger partial charge in [0.1, 0.15) is 17.4 Å². The van der Waals surface area contributed by atoms with Gasteiger partial charge in [-0.2, -0.15) is 0 Å². The Hall–Kier alpha value is -2.93. The zero-order valence-electron chi connectivity index (χ0n) is 18.6. The number of carbonyl (C=O) groups is 1. The van der Waals surface area contributed by atoms with Crippen LogP contribution in [-0.4, -0.2) is 35.6 Å². The third kappa shape index (κ3) is 5.03. The van der Waals surface area contributed by atoms with Gasteiger partial charge in [0.2, 0.25) is 0 Å². The van der Waals surface area contributed by atoms with Crippen LogP contribution in [0.2, 0.25) is 0 Å². The number of nitrogens with one attached hydrogen (secondary N) is 2. The van der Waals surface area contributed by atoms with Gasteiger partial charge in [-0.15, -0.1) is 0 Å². The van der Waals surface area contributed by atoms with Crippen LogP contribution in [-0.2, 0) is 12.8 Å². The molecule has 7 heteroatoms. The lowest BCUT2D eigenvalue weighted by Gasteiger charge is -2.25. The Morgan fingerprint density at radius 3 is 2.91 bits per heavy atom. The number of nitrogens with zero attached hydrogens (tertiary/aromatic N) is 1. The Kier molecular flexibility index (Phi) is 6.31. The Labute approximate surface area is 192 Å². The minimum Gasteiger partial charge on any atom is -0.492 e. The van der Waals surface area contributed by atoms with Crippen LogP contribution in [0.25, 0.3) is 10.9 Å². The summed E-state index contributed by atoms with van der Waals surface area (Å²) >= 11 is 0. The predicted octanol–water partition coefficient (Wildman–Crippen LogP) is 5.15. The van der Waals surface area contributed by atoms with E-state index in [-0.39, 0.29) is 17.5 Å². The summed E-state index contributed by atoms with van der Waals surface area (Å²) in [6, 6.07) is 7.67. The Morgan fingerprint density at radius 2 is 2.06 bits per heavy atom. The SMILES string of the molecule is O=C(NN(CCCCc1c[nH]c2ccc(F)cc12)CC1CC1)c1ccc(F)c2c1OCCC2. The van der Waals surface area contributed by atoms with Crippen molar-refractivity contribution in [2.75, 3.05) is 19.7 Å². The number of hydrazine groups is 1. The Morgan fingerprint density at radius 1 is 1.18 bits per heavy atom. The summed E-state index contributed by atoms with van der Waals surface area (Å²) < 4.78 is 33.4. The fourth-order valence-electron chi connectivity index (χ4n) is 4.59. The van der Waals surface area contributed by atoms with Crippen LogP contribution in [0, 0.1) is 17.6 Å². The number of aromatic amines is 1. The number of aromatic nitrogens is 1. The van der Waals surface area contributed by atoms with Crippen molar-refractivity contribution in [2.45, 2.75) is 44.9 Å². The highest BCUT2D eigenvalue weighted by Crippen LogP contribution is 2.32. The molecule has 2 N–H and O–H groups in total. The van der Waals surface area contributed by atoms with Gasteiger partial charge in [0.05, 0.1) is 12.2 Å². The molecule has 0 spiro atoms. The lowest BCUT2D eigenvalue weighted by atomic mass is 10.0. The van der Waals surface area contributed by atoms with Gasteiger partial charge >= 0.3 is 0 Å². The summed E-state index contributed by atoms with van der Waals surface area (Å²) in [4.78, 5) is 16.2. The van der Waals surface area contributed by atoms with E-state index in [9.17, 15) is 13.6 Å². The third-order valence-corrected chi connectivity index (χ3v) is 6.55. The summed E-state index contributed by atoms with van der Waals surface area (Å²) in [5.74, 6) is 0.208. The lowest BCUT2D eigenvalue weighted by Crippen LogP contribution is -2.44. The van der Waals surface area contributed by atoms with E-state index in [1.54, 1.807) is 12.1 Å².